The monoisotopic (exact) mass is 457 g/mol. The van der Waals surface area contributed by atoms with Gasteiger partial charge in [0.05, 0.1) is 4.90 Å². The van der Waals surface area contributed by atoms with Crippen LogP contribution >= 0.6 is 11.6 Å². The van der Waals surface area contributed by atoms with E-state index in [0.717, 1.165) is 0 Å². The smallest absolute Gasteiger partial charge is 0.261 e. The summed E-state index contributed by atoms with van der Waals surface area (Å²) in [5.41, 5.74) is 1.55. The second-order valence-electron chi connectivity index (χ2n) is 6.87. The Morgan fingerprint density at radius 3 is 2.10 bits per heavy atom. The number of hydrogen-bond acceptors (Lipinski definition) is 4. The van der Waals surface area contributed by atoms with Gasteiger partial charge in [0.15, 0.2) is 0 Å². The molecule has 0 spiro atoms. The standard InChI is InChI=1S/C22H20ClN3O4S/c1-26(2)22(28)16-4-3-5-19(14-16)24-21(27)15-6-12-20(13-7-15)31(29,30)25-18-10-8-17(23)9-11-18/h3-14,25H,1-2H3,(H,24,27). The fourth-order valence-electron chi connectivity index (χ4n) is 2.71. The first kappa shape index (κ1) is 22.3. The maximum absolute atomic E-state index is 12.5. The van der Waals surface area contributed by atoms with Crippen molar-refractivity contribution in [3.63, 3.8) is 0 Å². The molecule has 0 saturated heterocycles. The van der Waals surface area contributed by atoms with Gasteiger partial charge in [0.1, 0.15) is 0 Å². The van der Waals surface area contributed by atoms with E-state index in [9.17, 15) is 18.0 Å². The molecule has 0 radical (unpaired) electrons. The van der Waals surface area contributed by atoms with E-state index in [0.29, 0.717) is 22.0 Å². The number of sulfonamides is 1. The van der Waals surface area contributed by atoms with Crippen LogP contribution in [0.15, 0.2) is 77.7 Å². The van der Waals surface area contributed by atoms with Gasteiger partial charge in [-0.2, -0.15) is 0 Å². The molecular formula is C22H20ClN3O4S. The fraction of sp³-hybridized carbons (Fsp3) is 0.0909. The Labute approximate surface area is 185 Å². The van der Waals surface area contributed by atoms with E-state index in [1.807, 2.05) is 0 Å². The van der Waals surface area contributed by atoms with Crippen molar-refractivity contribution in [2.24, 2.45) is 0 Å². The molecule has 0 aliphatic heterocycles. The third kappa shape index (κ3) is 5.62. The van der Waals surface area contributed by atoms with Crippen molar-refractivity contribution in [3.8, 4) is 0 Å². The zero-order valence-corrected chi connectivity index (χ0v) is 18.4. The summed E-state index contributed by atoms with van der Waals surface area (Å²) in [7, 11) is -0.530. The quantitative estimate of drug-likeness (QED) is 0.582. The molecule has 0 bridgehead atoms. The van der Waals surface area contributed by atoms with E-state index >= 15 is 0 Å². The lowest BCUT2D eigenvalue weighted by Crippen LogP contribution is -2.22. The summed E-state index contributed by atoms with van der Waals surface area (Å²) < 4.78 is 27.5. The average Bonchev–Trinajstić information content (AvgIpc) is 2.75. The van der Waals surface area contributed by atoms with Gasteiger partial charge in [0, 0.05) is 41.6 Å². The van der Waals surface area contributed by atoms with Gasteiger partial charge >= 0.3 is 0 Å². The van der Waals surface area contributed by atoms with Crippen LogP contribution in [0.4, 0.5) is 11.4 Å². The van der Waals surface area contributed by atoms with E-state index in [1.165, 1.54) is 29.2 Å². The molecule has 7 nitrogen and oxygen atoms in total. The van der Waals surface area contributed by atoms with Crippen LogP contribution in [-0.2, 0) is 10.0 Å². The van der Waals surface area contributed by atoms with E-state index in [1.54, 1.807) is 62.6 Å². The summed E-state index contributed by atoms with van der Waals surface area (Å²) in [4.78, 5) is 26.1. The molecule has 0 fully saturated rings. The minimum absolute atomic E-state index is 0.0116. The van der Waals surface area contributed by atoms with Gasteiger partial charge in [0.25, 0.3) is 21.8 Å². The first-order chi connectivity index (χ1) is 14.7. The topological polar surface area (TPSA) is 95.6 Å². The molecule has 2 N–H and O–H groups in total. The second-order valence-corrected chi connectivity index (χ2v) is 8.99. The number of nitrogens with zero attached hydrogens (tertiary/aromatic N) is 1. The normalized spacial score (nSPS) is 10.9. The van der Waals surface area contributed by atoms with Crippen LogP contribution in [0.5, 0.6) is 0 Å². The maximum atomic E-state index is 12.5. The van der Waals surface area contributed by atoms with Gasteiger partial charge < -0.3 is 10.2 Å². The van der Waals surface area contributed by atoms with Gasteiger partial charge in [-0.15, -0.1) is 0 Å². The largest absolute Gasteiger partial charge is 0.345 e. The first-order valence-corrected chi connectivity index (χ1v) is 11.0. The molecule has 0 heterocycles. The summed E-state index contributed by atoms with van der Waals surface area (Å²) in [6.07, 6.45) is 0. The summed E-state index contributed by atoms with van der Waals surface area (Å²) >= 11 is 5.81. The molecule has 0 aliphatic carbocycles. The highest BCUT2D eigenvalue weighted by Crippen LogP contribution is 2.19. The Kier molecular flexibility index (Phi) is 6.62. The zero-order valence-electron chi connectivity index (χ0n) is 16.8. The van der Waals surface area contributed by atoms with Crippen LogP contribution in [0.25, 0.3) is 0 Å². The van der Waals surface area contributed by atoms with E-state index < -0.39 is 15.9 Å². The third-order valence-corrected chi connectivity index (χ3v) is 5.95. The highest BCUT2D eigenvalue weighted by atomic mass is 35.5. The van der Waals surface area contributed by atoms with Crippen molar-refractivity contribution >= 4 is 44.8 Å². The number of anilines is 2. The zero-order chi connectivity index (χ0) is 22.6. The van der Waals surface area contributed by atoms with Crippen molar-refractivity contribution in [3.05, 3.63) is 88.9 Å². The van der Waals surface area contributed by atoms with Crippen LogP contribution < -0.4 is 10.0 Å². The number of rotatable bonds is 6. The first-order valence-electron chi connectivity index (χ1n) is 9.17. The van der Waals surface area contributed by atoms with Crippen molar-refractivity contribution in [2.45, 2.75) is 4.90 Å². The lowest BCUT2D eigenvalue weighted by atomic mass is 10.1. The average molecular weight is 458 g/mol. The molecule has 0 aromatic heterocycles. The highest BCUT2D eigenvalue weighted by molar-refractivity contribution is 7.92. The molecule has 160 valence electrons. The minimum Gasteiger partial charge on any atom is -0.345 e. The predicted molar refractivity (Wildman–Crippen MR) is 121 cm³/mol. The maximum Gasteiger partial charge on any atom is 0.261 e. The van der Waals surface area contributed by atoms with Crippen LogP contribution in [0.3, 0.4) is 0 Å². The molecule has 0 unspecified atom stereocenters. The molecule has 0 atom stereocenters. The van der Waals surface area contributed by atoms with Gasteiger partial charge in [-0.3, -0.25) is 14.3 Å². The summed E-state index contributed by atoms with van der Waals surface area (Å²) in [5.74, 6) is -0.608. The Hall–Kier alpha value is -3.36. The molecule has 0 saturated carbocycles. The summed E-state index contributed by atoms with van der Waals surface area (Å²) in [5, 5.41) is 3.20. The second kappa shape index (κ2) is 9.20. The van der Waals surface area contributed by atoms with Crippen molar-refractivity contribution in [1.82, 2.24) is 4.90 Å². The van der Waals surface area contributed by atoms with Gasteiger partial charge in [-0.05, 0) is 66.7 Å². The molecule has 3 aromatic rings. The lowest BCUT2D eigenvalue weighted by Gasteiger charge is -2.12. The Morgan fingerprint density at radius 2 is 1.48 bits per heavy atom. The third-order valence-electron chi connectivity index (χ3n) is 4.30. The number of carbonyl (C=O) groups is 2. The molecule has 2 amide bonds. The van der Waals surface area contributed by atoms with Crippen LogP contribution in [-0.4, -0.2) is 39.2 Å². The molecule has 0 aliphatic rings. The van der Waals surface area contributed by atoms with Gasteiger partial charge in [0.2, 0.25) is 0 Å². The van der Waals surface area contributed by atoms with Crippen molar-refractivity contribution < 1.29 is 18.0 Å². The number of halogens is 1. The minimum atomic E-state index is -3.82. The number of benzene rings is 3. The van der Waals surface area contributed by atoms with E-state index in [4.69, 9.17) is 11.6 Å². The Morgan fingerprint density at radius 1 is 0.839 bits per heavy atom. The fourth-order valence-corrected chi connectivity index (χ4v) is 3.89. The summed E-state index contributed by atoms with van der Waals surface area (Å²) in [6, 6.07) is 18.4. The Balaban J connectivity index is 1.72. The molecule has 31 heavy (non-hydrogen) atoms. The molecule has 3 aromatic carbocycles. The molecular weight excluding hydrogens is 438 g/mol. The molecule has 3 rings (SSSR count). The molecule has 9 heteroatoms. The number of nitrogens with one attached hydrogen (secondary N) is 2. The van der Waals surface area contributed by atoms with Crippen LogP contribution in [0.2, 0.25) is 5.02 Å². The van der Waals surface area contributed by atoms with Crippen LogP contribution in [0.1, 0.15) is 20.7 Å². The lowest BCUT2D eigenvalue weighted by molar-refractivity contribution is 0.0827. The predicted octanol–water partition coefficient (Wildman–Crippen LogP) is 4.09. The van der Waals surface area contributed by atoms with Gasteiger partial charge in [-0.1, -0.05) is 17.7 Å². The number of hydrogen-bond donors (Lipinski definition) is 2. The number of amides is 2. The SMILES string of the molecule is CN(C)C(=O)c1cccc(NC(=O)c2ccc(S(=O)(=O)Nc3ccc(Cl)cc3)cc2)c1. The Bertz CT molecular complexity index is 1210. The van der Waals surface area contributed by atoms with Crippen molar-refractivity contribution in [1.29, 1.82) is 0 Å². The van der Waals surface area contributed by atoms with Crippen molar-refractivity contribution in [2.75, 3.05) is 24.1 Å². The van der Waals surface area contributed by atoms with E-state index in [-0.39, 0.29) is 16.4 Å². The summed E-state index contributed by atoms with van der Waals surface area (Å²) in [6.45, 7) is 0. The van der Waals surface area contributed by atoms with E-state index in [2.05, 4.69) is 10.0 Å². The highest BCUT2D eigenvalue weighted by Gasteiger charge is 2.16. The van der Waals surface area contributed by atoms with Gasteiger partial charge in [-0.25, -0.2) is 8.42 Å². The van der Waals surface area contributed by atoms with Crippen LogP contribution in [0, 0.1) is 0 Å². The number of carbonyl (C=O) groups excluding carboxylic acids is 2.